The highest BCUT2D eigenvalue weighted by Gasteiger charge is 2.44. The quantitative estimate of drug-likeness (QED) is 0.444. The monoisotopic (exact) mass is 572 g/mol. The largest absolute Gasteiger partial charge is 0.370 e. The predicted molar refractivity (Wildman–Crippen MR) is 150 cm³/mol. The van der Waals surface area contributed by atoms with Crippen LogP contribution in [0.2, 0.25) is 0 Å². The topological polar surface area (TPSA) is 109 Å². The van der Waals surface area contributed by atoms with Crippen LogP contribution in [0.4, 0.5) is 26.0 Å². The Morgan fingerprint density at radius 3 is 2.33 bits per heavy atom. The van der Waals surface area contributed by atoms with Gasteiger partial charge in [0.15, 0.2) is 5.82 Å². The van der Waals surface area contributed by atoms with Gasteiger partial charge in [-0.15, -0.1) is 5.10 Å². The molecule has 6 rings (SSSR count). The maximum Gasteiger partial charge on any atom is 0.251 e. The molecule has 1 aliphatic carbocycles. The lowest BCUT2D eigenvalue weighted by Gasteiger charge is -2.35. The van der Waals surface area contributed by atoms with Gasteiger partial charge in [0, 0.05) is 39.0 Å². The fourth-order valence-corrected chi connectivity index (χ4v) is 6.22. The van der Waals surface area contributed by atoms with Gasteiger partial charge in [-0.05, 0) is 63.1 Å². The summed E-state index contributed by atoms with van der Waals surface area (Å²) in [6.07, 6.45) is 7.78. The first-order valence-corrected chi connectivity index (χ1v) is 15.5. The minimum Gasteiger partial charge on any atom is -0.370 e. The molecule has 3 aromatic rings. The minimum absolute atomic E-state index is 0.0117. The van der Waals surface area contributed by atoms with Gasteiger partial charge in [-0.2, -0.15) is 0 Å². The van der Waals surface area contributed by atoms with Crippen LogP contribution in [-0.2, 0) is 10.0 Å². The van der Waals surface area contributed by atoms with Gasteiger partial charge in [0.05, 0.1) is 40.9 Å². The third-order valence-electron chi connectivity index (χ3n) is 8.48. The first kappa shape index (κ1) is 26.9. The van der Waals surface area contributed by atoms with Gasteiger partial charge in [0.1, 0.15) is 11.4 Å². The summed E-state index contributed by atoms with van der Waals surface area (Å²) in [6.45, 7) is 5.63. The number of piperidine rings is 2. The number of hydrogen-bond acceptors (Lipinski definition) is 8. The number of aromatic nitrogens is 5. The number of hydrogen-bond donors (Lipinski definition) is 1. The summed E-state index contributed by atoms with van der Waals surface area (Å²) in [7, 11) is -3.43. The normalized spacial score (nSPS) is 20.1. The van der Waals surface area contributed by atoms with E-state index in [9.17, 15) is 17.2 Å². The third-order valence-corrected chi connectivity index (χ3v) is 9.79. The van der Waals surface area contributed by atoms with Crippen LogP contribution in [0, 0.1) is 12.3 Å². The zero-order valence-corrected chi connectivity index (χ0v) is 23.6. The fourth-order valence-electron chi connectivity index (χ4n) is 5.59. The second kappa shape index (κ2) is 9.93. The molecule has 1 saturated carbocycles. The van der Waals surface area contributed by atoms with E-state index < -0.39 is 15.9 Å². The number of rotatable bonds is 7. The summed E-state index contributed by atoms with van der Waals surface area (Å²) in [4.78, 5) is 13.4. The first-order valence-electron chi connectivity index (χ1n) is 13.8. The van der Waals surface area contributed by atoms with Crippen LogP contribution in [0.1, 0.15) is 51.1 Å². The summed E-state index contributed by atoms with van der Waals surface area (Å²) < 4.78 is 56.3. The van der Waals surface area contributed by atoms with Crippen LogP contribution >= 0.6 is 0 Å². The van der Waals surface area contributed by atoms with E-state index in [-0.39, 0.29) is 31.7 Å². The number of aryl methyl sites for hydroxylation is 1. The number of nitrogens with zero attached hydrogens (tertiary/aromatic N) is 7. The number of halogens is 2. The van der Waals surface area contributed by atoms with E-state index in [4.69, 9.17) is 4.98 Å². The zero-order valence-electron chi connectivity index (χ0n) is 22.8. The van der Waals surface area contributed by atoms with Crippen molar-refractivity contribution >= 4 is 27.2 Å². The van der Waals surface area contributed by atoms with E-state index >= 15 is 0 Å². The van der Waals surface area contributed by atoms with Crippen LogP contribution in [0.25, 0.3) is 17.1 Å². The Balaban J connectivity index is 1.30. The van der Waals surface area contributed by atoms with Crippen molar-refractivity contribution in [3.8, 4) is 17.1 Å². The molecule has 1 aromatic carbocycles. The lowest BCUT2D eigenvalue weighted by molar-refractivity contribution is -0.0221. The maximum absolute atomic E-state index is 13.7. The minimum atomic E-state index is -3.43. The van der Waals surface area contributed by atoms with E-state index in [2.05, 4.69) is 24.9 Å². The van der Waals surface area contributed by atoms with Gasteiger partial charge in [-0.1, -0.05) is 5.21 Å². The summed E-state index contributed by atoms with van der Waals surface area (Å²) in [6, 6.07) is 5.45. The molecule has 2 aliphatic heterocycles. The van der Waals surface area contributed by atoms with Crippen molar-refractivity contribution in [3.63, 3.8) is 0 Å². The molecule has 0 unspecified atom stereocenters. The molecule has 0 amide bonds. The SMILES string of the molecule is CCS(=O)(=O)Nc1ccc(-n2cc(-c3cnc(C)c(N4CCC(F)(F)CC4)n3)nn2)c(N2CCC3(CC2)CC3)c1. The molecule has 0 bridgehead atoms. The van der Waals surface area contributed by atoms with Crippen LogP contribution in [0.15, 0.2) is 30.6 Å². The number of alkyl halides is 2. The molecule has 3 aliphatic rings. The third kappa shape index (κ3) is 5.48. The lowest BCUT2D eigenvalue weighted by Crippen LogP contribution is -2.40. The summed E-state index contributed by atoms with van der Waals surface area (Å²) in [5.74, 6) is -2.07. The van der Waals surface area contributed by atoms with E-state index in [1.165, 1.54) is 12.8 Å². The van der Waals surface area contributed by atoms with Gasteiger partial charge in [-0.3, -0.25) is 9.71 Å². The van der Waals surface area contributed by atoms with Crippen molar-refractivity contribution in [2.45, 2.75) is 58.3 Å². The van der Waals surface area contributed by atoms with Crippen LogP contribution < -0.4 is 14.5 Å². The Bertz CT molecular complexity index is 1500. The number of anilines is 3. The fraction of sp³-hybridized carbons (Fsp3) is 0.556. The zero-order chi connectivity index (χ0) is 28.1. The van der Waals surface area contributed by atoms with Crippen LogP contribution in [-0.4, -0.2) is 71.2 Å². The molecule has 2 saturated heterocycles. The molecule has 0 atom stereocenters. The molecule has 0 radical (unpaired) electrons. The van der Waals surface area contributed by atoms with E-state index in [1.54, 1.807) is 30.1 Å². The number of nitrogens with one attached hydrogen (secondary N) is 1. The average molecular weight is 573 g/mol. The van der Waals surface area contributed by atoms with Gasteiger partial charge in [-0.25, -0.2) is 26.9 Å². The molecule has 1 N–H and O–H groups in total. The lowest BCUT2D eigenvalue weighted by atomic mass is 9.93. The molecular formula is C27H34F2N8O2S. The van der Waals surface area contributed by atoms with Crippen molar-refractivity contribution in [1.82, 2.24) is 25.0 Å². The second-order valence-corrected chi connectivity index (χ2v) is 13.3. The molecular weight excluding hydrogens is 538 g/mol. The molecule has 40 heavy (non-hydrogen) atoms. The first-order chi connectivity index (χ1) is 19.1. The Kier molecular flexibility index (Phi) is 6.67. The highest BCUT2D eigenvalue weighted by atomic mass is 32.2. The predicted octanol–water partition coefficient (Wildman–Crippen LogP) is 4.41. The van der Waals surface area contributed by atoms with Crippen molar-refractivity contribution in [3.05, 3.63) is 36.3 Å². The molecule has 214 valence electrons. The molecule has 10 nitrogen and oxygen atoms in total. The highest BCUT2D eigenvalue weighted by Crippen LogP contribution is 2.54. The Hall–Kier alpha value is -3.35. The average Bonchev–Trinajstić information content (AvgIpc) is 3.50. The molecule has 2 aromatic heterocycles. The van der Waals surface area contributed by atoms with Crippen LogP contribution in [0.5, 0.6) is 0 Å². The number of benzene rings is 1. The van der Waals surface area contributed by atoms with Gasteiger partial charge in [0.2, 0.25) is 10.0 Å². The van der Waals surface area contributed by atoms with Crippen molar-refractivity contribution in [2.75, 3.05) is 46.5 Å². The van der Waals surface area contributed by atoms with Crippen molar-refractivity contribution in [1.29, 1.82) is 0 Å². The maximum atomic E-state index is 13.7. The summed E-state index contributed by atoms with van der Waals surface area (Å²) in [5.41, 5.74) is 4.35. The Labute approximate surface area is 232 Å². The Morgan fingerprint density at radius 2 is 1.65 bits per heavy atom. The molecule has 4 heterocycles. The smallest absolute Gasteiger partial charge is 0.251 e. The van der Waals surface area contributed by atoms with E-state index in [0.717, 1.165) is 37.3 Å². The highest BCUT2D eigenvalue weighted by molar-refractivity contribution is 7.92. The van der Waals surface area contributed by atoms with Gasteiger partial charge in [0.25, 0.3) is 5.92 Å². The Morgan fingerprint density at radius 1 is 0.950 bits per heavy atom. The molecule has 1 spiro atoms. The van der Waals surface area contributed by atoms with Gasteiger partial charge >= 0.3 is 0 Å². The number of sulfonamides is 1. The molecule has 3 fully saturated rings. The molecule has 13 heteroatoms. The van der Waals surface area contributed by atoms with E-state index in [0.29, 0.717) is 34.0 Å². The van der Waals surface area contributed by atoms with Crippen molar-refractivity contribution in [2.24, 2.45) is 5.41 Å². The standard InChI is InChI=1S/C27H34F2N8O2S/c1-3-40(38,39)33-20-4-5-23(24(16-20)35-12-8-26(6-7-26)9-13-35)37-18-22(32-34-37)21-17-30-19(2)25(31-21)36-14-10-27(28,29)11-15-36/h4-5,16-18,33H,3,6-15H2,1-2H3. The van der Waals surface area contributed by atoms with Crippen LogP contribution in [0.3, 0.4) is 0 Å². The summed E-state index contributed by atoms with van der Waals surface area (Å²) >= 11 is 0. The van der Waals surface area contributed by atoms with E-state index in [1.807, 2.05) is 24.0 Å². The summed E-state index contributed by atoms with van der Waals surface area (Å²) in [5, 5.41) is 8.74. The van der Waals surface area contributed by atoms with Crippen molar-refractivity contribution < 1.29 is 17.2 Å². The second-order valence-electron chi connectivity index (χ2n) is 11.3. The van der Waals surface area contributed by atoms with Gasteiger partial charge < -0.3 is 9.80 Å².